The van der Waals surface area contributed by atoms with Crippen LogP contribution in [-0.4, -0.2) is 31.0 Å². The molecule has 3 rings (SSSR count). The van der Waals surface area contributed by atoms with Gasteiger partial charge in [-0.05, 0) is 18.9 Å². The molecule has 2 saturated heterocycles. The first-order valence-electron chi connectivity index (χ1n) is 6.79. The summed E-state index contributed by atoms with van der Waals surface area (Å²) in [4.78, 5) is 2.88. The molecule has 0 unspecified atom stereocenters. The lowest BCUT2D eigenvalue weighted by Gasteiger charge is -2.43. The standard InChI is InChI=1S/C14H17N3O3/c1-9-11(16-17-15)7-12-13(19-9)8-18-14(20-12)10-5-3-2-4-6-10/h2-6,9,11-14H,7-8H2,1H3/t9-,11-,12-,13+,14+/m0/s1. The number of rotatable bonds is 2. The van der Waals surface area contributed by atoms with E-state index in [0.29, 0.717) is 13.0 Å². The Morgan fingerprint density at radius 1 is 1.20 bits per heavy atom. The molecule has 5 atom stereocenters. The summed E-state index contributed by atoms with van der Waals surface area (Å²) in [6.45, 7) is 2.41. The van der Waals surface area contributed by atoms with Crippen molar-refractivity contribution in [1.82, 2.24) is 0 Å². The Labute approximate surface area is 117 Å². The third-order valence-electron chi connectivity index (χ3n) is 3.80. The van der Waals surface area contributed by atoms with Crippen LogP contribution >= 0.6 is 0 Å². The van der Waals surface area contributed by atoms with Crippen molar-refractivity contribution in [3.63, 3.8) is 0 Å². The topological polar surface area (TPSA) is 76.5 Å². The second-order valence-corrected chi connectivity index (χ2v) is 5.14. The molecule has 6 nitrogen and oxygen atoms in total. The van der Waals surface area contributed by atoms with E-state index >= 15 is 0 Å². The van der Waals surface area contributed by atoms with Gasteiger partial charge in [0.25, 0.3) is 0 Å². The summed E-state index contributed by atoms with van der Waals surface area (Å²) in [6.07, 6.45) is 0.00679. The van der Waals surface area contributed by atoms with Crippen LogP contribution in [0, 0.1) is 0 Å². The van der Waals surface area contributed by atoms with Crippen molar-refractivity contribution in [3.8, 4) is 0 Å². The number of azide groups is 1. The molecule has 6 heteroatoms. The first kappa shape index (κ1) is 13.4. The maximum Gasteiger partial charge on any atom is 0.184 e. The van der Waals surface area contributed by atoms with Crippen molar-refractivity contribution in [2.24, 2.45) is 5.11 Å². The molecule has 0 spiro atoms. The van der Waals surface area contributed by atoms with E-state index in [1.807, 2.05) is 37.3 Å². The number of hydrogen-bond acceptors (Lipinski definition) is 4. The zero-order chi connectivity index (χ0) is 13.9. The Morgan fingerprint density at radius 3 is 2.75 bits per heavy atom. The van der Waals surface area contributed by atoms with Crippen LogP contribution in [0.3, 0.4) is 0 Å². The summed E-state index contributed by atoms with van der Waals surface area (Å²) in [6, 6.07) is 9.63. The number of nitrogens with zero attached hydrogens (tertiary/aromatic N) is 3. The van der Waals surface area contributed by atoms with Crippen molar-refractivity contribution in [3.05, 3.63) is 46.3 Å². The smallest absolute Gasteiger partial charge is 0.184 e. The molecular weight excluding hydrogens is 258 g/mol. The Kier molecular flexibility index (Phi) is 3.89. The summed E-state index contributed by atoms with van der Waals surface area (Å²) in [5.41, 5.74) is 9.59. The molecule has 2 aliphatic rings. The summed E-state index contributed by atoms with van der Waals surface area (Å²) >= 11 is 0. The van der Waals surface area contributed by atoms with Gasteiger partial charge in [-0.2, -0.15) is 0 Å². The molecule has 0 bridgehead atoms. The van der Waals surface area contributed by atoms with Crippen molar-refractivity contribution >= 4 is 0 Å². The van der Waals surface area contributed by atoms with Crippen LogP contribution in [0.25, 0.3) is 10.4 Å². The van der Waals surface area contributed by atoms with E-state index in [1.54, 1.807) is 0 Å². The highest BCUT2D eigenvalue weighted by Crippen LogP contribution is 2.34. The van der Waals surface area contributed by atoms with Gasteiger partial charge in [0.05, 0.1) is 24.9 Å². The zero-order valence-electron chi connectivity index (χ0n) is 11.3. The lowest BCUT2D eigenvalue weighted by Crippen LogP contribution is -2.51. The fourth-order valence-electron chi connectivity index (χ4n) is 2.70. The maximum absolute atomic E-state index is 8.60. The van der Waals surface area contributed by atoms with Crippen molar-refractivity contribution in [1.29, 1.82) is 0 Å². The van der Waals surface area contributed by atoms with Gasteiger partial charge >= 0.3 is 0 Å². The first-order valence-corrected chi connectivity index (χ1v) is 6.79. The van der Waals surface area contributed by atoms with Crippen molar-refractivity contribution in [2.45, 2.75) is 44.0 Å². The molecule has 0 amide bonds. The van der Waals surface area contributed by atoms with Crippen LogP contribution in [0.2, 0.25) is 0 Å². The number of benzene rings is 1. The van der Waals surface area contributed by atoms with E-state index in [9.17, 15) is 0 Å². The van der Waals surface area contributed by atoms with Gasteiger partial charge in [0.1, 0.15) is 6.10 Å². The molecule has 0 aromatic heterocycles. The number of ether oxygens (including phenoxy) is 3. The molecule has 1 aromatic carbocycles. The third-order valence-corrected chi connectivity index (χ3v) is 3.80. The van der Waals surface area contributed by atoms with Gasteiger partial charge in [-0.3, -0.25) is 0 Å². The van der Waals surface area contributed by atoms with E-state index in [-0.39, 0.29) is 30.6 Å². The second-order valence-electron chi connectivity index (χ2n) is 5.14. The van der Waals surface area contributed by atoms with Gasteiger partial charge < -0.3 is 14.2 Å². The summed E-state index contributed by atoms with van der Waals surface area (Å²) in [5.74, 6) is 0. The highest BCUT2D eigenvalue weighted by atomic mass is 16.7. The normalized spacial score (nSPS) is 36.8. The SMILES string of the molecule is C[C@@H]1O[C@@H]2CO[C@@H](c3ccccc3)O[C@H]2C[C@@H]1N=[N+]=[N-]. The zero-order valence-corrected chi connectivity index (χ0v) is 11.3. The Bertz CT molecular complexity index is 504. The van der Waals surface area contributed by atoms with E-state index in [4.69, 9.17) is 19.7 Å². The molecule has 2 heterocycles. The highest BCUT2D eigenvalue weighted by Gasteiger charge is 2.41. The second kappa shape index (κ2) is 5.81. The van der Waals surface area contributed by atoms with Gasteiger partial charge in [-0.15, -0.1) is 0 Å². The predicted molar refractivity (Wildman–Crippen MR) is 71.9 cm³/mol. The van der Waals surface area contributed by atoms with Crippen LogP contribution in [0.15, 0.2) is 35.4 Å². The van der Waals surface area contributed by atoms with Gasteiger partial charge in [0.15, 0.2) is 6.29 Å². The molecule has 0 N–H and O–H groups in total. The monoisotopic (exact) mass is 275 g/mol. The molecule has 2 aliphatic heterocycles. The Hall–Kier alpha value is -1.59. The van der Waals surface area contributed by atoms with Gasteiger partial charge in [0, 0.05) is 10.5 Å². The summed E-state index contributed by atoms with van der Waals surface area (Å²) < 4.78 is 17.5. The molecule has 20 heavy (non-hydrogen) atoms. The maximum atomic E-state index is 8.60. The highest BCUT2D eigenvalue weighted by molar-refractivity contribution is 5.16. The molecule has 1 aromatic rings. The van der Waals surface area contributed by atoms with Crippen molar-refractivity contribution in [2.75, 3.05) is 6.61 Å². The molecular formula is C14H17N3O3. The molecule has 106 valence electrons. The van der Waals surface area contributed by atoms with Crippen LogP contribution < -0.4 is 0 Å². The fourth-order valence-corrected chi connectivity index (χ4v) is 2.70. The summed E-state index contributed by atoms with van der Waals surface area (Å²) in [7, 11) is 0. The van der Waals surface area contributed by atoms with Gasteiger partial charge in [-0.25, -0.2) is 0 Å². The Morgan fingerprint density at radius 2 is 2.00 bits per heavy atom. The first-order chi connectivity index (χ1) is 9.78. The predicted octanol–water partition coefficient (Wildman–Crippen LogP) is 2.96. The van der Waals surface area contributed by atoms with E-state index in [0.717, 1.165) is 5.56 Å². The average molecular weight is 275 g/mol. The van der Waals surface area contributed by atoms with Gasteiger partial charge in [0.2, 0.25) is 0 Å². The molecule has 0 aliphatic carbocycles. The van der Waals surface area contributed by atoms with E-state index < -0.39 is 0 Å². The third kappa shape index (κ3) is 2.64. The minimum atomic E-state index is -0.374. The minimum absolute atomic E-state index is 0.0879. The van der Waals surface area contributed by atoms with E-state index in [1.165, 1.54) is 0 Å². The van der Waals surface area contributed by atoms with Crippen LogP contribution in [0.4, 0.5) is 0 Å². The fraction of sp³-hybridized carbons (Fsp3) is 0.571. The van der Waals surface area contributed by atoms with Crippen LogP contribution in [0.5, 0.6) is 0 Å². The molecule has 0 radical (unpaired) electrons. The largest absolute Gasteiger partial charge is 0.370 e. The van der Waals surface area contributed by atoms with Crippen LogP contribution in [0.1, 0.15) is 25.2 Å². The Balaban J connectivity index is 1.71. The quantitative estimate of drug-likeness (QED) is 0.473. The number of fused-ring (bicyclic) bond motifs is 1. The van der Waals surface area contributed by atoms with Crippen LogP contribution in [-0.2, 0) is 14.2 Å². The van der Waals surface area contributed by atoms with Crippen molar-refractivity contribution < 1.29 is 14.2 Å². The summed E-state index contributed by atoms with van der Waals surface area (Å²) in [5, 5.41) is 3.79. The van der Waals surface area contributed by atoms with Gasteiger partial charge in [-0.1, -0.05) is 35.4 Å². The molecule has 2 fully saturated rings. The molecule has 0 saturated carbocycles. The lowest BCUT2D eigenvalue weighted by molar-refractivity contribution is -0.288. The number of hydrogen-bond donors (Lipinski definition) is 0. The lowest BCUT2D eigenvalue weighted by atomic mass is 9.96. The minimum Gasteiger partial charge on any atom is -0.370 e. The van der Waals surface area contributed by atoms with E-state index in [2.05, 4.69) is 10.0 Å². The average Bonchev–Trinajstić information content (AvgIpc) is 2.49.